The van der Waals surface area contributed by atoms with Crippen LogP contribution in [0.4, 0.5) is 8.78 Å². The molecule has 0 spiro atoms. The third-order valence-electron chi connectivity index (χ3n) is 1.55. The fraction of sp³-hybridized carbons (Fsp3) is 0.250. The van der Waals surface area contributed by atoms with E-state index in [0.29, 0.717) is 0 Å². The Balaban J connectivity index is 3.20. The van der Waals surface area contributed by atoms with E-state index >= 15 is 0 Å². The van der Waals surface area contributed by atoms with Crippen LogP contribution in [-0.2, 0) is 5.92 Å². The van der Waals surface area contributed by atoms with E-state index in [9.17, 15) is 8.78 Å². The van der Waals surface area contributed by atoms with E-state index in [1.165, 1.54) is 6.07 Å². The van der Waals surface area contributed by atoms with Gasteiger partial charge in [-0.05, 0) is 18.2 Å². The Bertz CT molecular complexity index is 315. The number of phenolic OH excluding ortho intramolecular Hbond substituents is 1. The standard InChI is InChI=1S/C8H7ClF2O2/c9-5-1-2-7(13)6(3-5)8(10,11)4-12/h1-3,12-13H,4H2. The molecule has 0 aliphatic heterocycles. The third kappa shape index (κ3) is 2.08. The number of alkyl halides is 2. The normalized spacial score (nSPS) is 11.7. The summed E-state index contributed by atoms with van der Waals surface area (Å²) in [5.41, 5.74) is -0.664. The summed E-state index contributed by atoms with van der Waals surface area (Å²) in [7, 11) is 0. The van der Waals surface area contributed by atoms with Crippen molar-refractivity contribution >= 4 is 11.6 Å². The molecule has 0 aliphatic rings. The first kappa shape index (κ1) is 10.2. The maximum Gasteiger partial charge on any atom is 0.299 e. The smallest absolute Gasteiger partial charge is 0.299 e. The Morgan fingerprint density at radius 3 is 2.54 bits per heavy atom. The van der Waals surface area contributed by atoms with Crippen molar-refractivity contribution < 1.29 is 19.0 Å². The number of hydrogen-bond acceptors (Lipinski definition) is 2. The van der Waals surface area contributed by atoms with Crippen LogP contribution in [0.1, 0.15) is 5.56 Å². The minimum atomic E-state index is -3.46. The molecule has 1 aromatic carbocycles. The second-order valence-corrected chi connectivity index (χ2v) is 2.96. The second-order valence-electron chi connectivity index (χ2n) is 2.52. The van der Waals surface area contributed by atoms with Crippen LogP contribution in [0.25, 0.3) is 0 Å². The predicted octanol–water partition coefficient (Wildman–Crippen LogP) is 2.13. The number of hydrogen-bond donors (Lipinski definition) is 2. The molecule has 0 aromatic heterocycles. The Morgan fingerprint density at radius 1 is 1.38 bits per heavy atom. The highest BCUT2D eigenvalue weighted by atomic mass is 35.5. The largest absolute Gasteiger partial charge is 0.507 e. The van der Waals surface area contributed by atoms with E-state index in [1.807, 2.05) is 0 Å². The van der Waals surface area contributed by atoms with Gasteiger partial charge in [-0.3, -0.25) is 0 Å². The molecule has 0 fully saturated rings. The van der Waals surface area contributed by atoms with Crippen molar-refractivity contribution in [3.63, 3.8) is 0 Å². The lowest BCUT2D eigenvalue weighted by Gasteiger charge is -2.14. The summed E-state index contributed by atoms with van der Waals surface area (Å²) in [5.74, 6) is -4.04. The van der Waals surface area contributed by atoms with E-state index < -0.39 is 23.8 Å². The minimum Gasteiger partial charge on any atom is -0.507 e. The number of aliphatic hydroxyl groups excluding tert-OH is 1. The Morgan fingerprint density at radius 2 is 2.00 bits per heavy atom. The molecule has 0 saturated carbocycles. The van der Waals surface area contributed by atoms with E-state index in [4.69, 9.17) is 21.8 Å². The molecular formula is C8H7ClF2O2. The van der Waals surface area contributed by atoms with Crippen LogP contribution in [-0.4, -0.2) is 16.8 Å². The average molecular weight is 209 g/mol. The highest BCUT2D eigenvalue weighted by Gasteiger charge is 2.33. The van der Waals surface area contributed by atoms with Crippen LogP contribution in [0.5, 0.6) is 5.75 Å². The third-order valence-corrected chi connectivity index (χ3v) is 1.79. The van der Waals surface area contributed by atoms with Gasteiger partial charge >= 0.3 is 0 Å². The molecular weight excluding hydrogens is 202 g/mol. The highest BCUT2D eigenvalue weighted by Crippen LogP contribution is 2.35. The van der Waals surface area contributed by atoms with Crippen LogP contribution in [0.15, 0.2) is 18.2 Å². The van der Waals surface area contributed by atoms with Gasteiger partial charge < -0.3 is 10.2 Å². The number of aliphatic hydroxyl groups is 1. The summed E-state index contributed by atoms with van der Waals surface area (Å²) >= 11 is 5.45. The van der Waals surface area contributed by atoms with Gasteiger partial charge in [-0.1, -0.05) is 11.6 Å². The SMILES string of the molecule is OCC(F)(F)c1cc(Cl)ccc1O. The molecule has 0 radical (unpaired) electrons. The minimum absolute atomic E-state index is 0.0842. The molecule has 0 atom stereocenters. The topological polar surface area (TPSA) is 40.5 Å². The Hall–Kier alpha value is -0.870. The van der Waals surface area contributed by atoms with E-state index in [2.05, 4.69) is 0 Å². The first-order valence-corrected chi connectivity index (χ1v) is 3.83. The molecule has 0 amide bonds. The van der Waals surface area contributed by atoms with Crippen LogP contribution in [0.2, 0.25) is 5.02 Å². The highest BCUT2D eigenvalue weighted by molar-refractivity contribution is 6.30. The molecule has 5 heteroatoms. The first-order valence-electron chi connectivity index (χ1n) is 3.45. The summed E-state index contributed by atoms with van der Waals surface area (Å²) in [4.78, 5) is 0. The van der Waals surface area contributed by atoms with Gasteiger partial charge in [0.05, 0.1) is 5.56 Å². The summed E-state index contributed by atoms with van der Waals surface area (Å²) < 4.78 is 25.7. The molecule has 0 unspecified atom stereocenters. The number of halogens is 3. The van der Waals surface area contributed by atoms with Crippen molar-refractivity contribution in [2.75, 3.05) is 6.61 Å². The first-order chi connectivity index (χ1) is 5.97. The van der Waals surface area contributed by atoms with Gasteiger partial charge in [0, 0.05) is 5.02 Å². The van der Waals surface area contributed by atoms with Crippen LogP contribution >= 0.6 is 11.6 Å². The monoisotopic (exact) mass is 208 g/mol. The zero-order valence-electron chi connectivity index (χ0n) is 6.47. The molecule has 2 N–H and O–H groups in total. The van der Waals surface area contributed by atoms with Crippen molar-refractivity contribution in [1.29, 1.82) is 0 Å². The molecule has 2 nitrogen and oxygen atoms in total. The van der Waals surface area contributed by atoms with E-state index in [0.717, 1.165) is 12.1 Å². The Labute approximate surface area is 78.4 Å². The quantitative estimate of drug-likeness (QED) is 0.782. The lowest BCUT2D eigenvalue weighted by atomic mass is 10.1. The zero-order chi connectivity index (χ0) is 10.1. The Kier molecular flexibility index (Phi) is 2.73. The number of phenols is 1. The van der Waals surface area contributed by atoms with Gasteiger partial charge in [-0.15, -0.1) is 0 Å². The van der Waals surface area contributed by atoms with E-state index in [-0.39, 0.29) is 5.02 Å². The molecule has 1 rings (SSSR count). The van der Waals surface area contributed by atoms with Crippen LogP contribution in [0.3, 0.4) is 0 Å². The summed E-state index contributed by atoms with van der Waals surface area (Å²) in [6.45, 7) is -1.36. The maximum atomic E-state index is 12.9. The number of rotatable bonds is 2. The average Bonchev–Trinajstić information content (AvgIpc) is 2.09. The van der Waals surface area contributed by atoms with Gasteiger partial charge in [0.1, 0.15) is 12.4 Å². The van der Waals surface area contributed by atoms with Gasteiger partial charge in [0.15, 0.2) is 0 Å². The van der Waals surface area contributed by atoms with Crippen molar-refractivity contribution in [3.05, 3.63) is 28.8 Å². The van der Waals surface area contributed by atoms with Crippen molar-refractivity contribution in [1.82, 2.24) is 0 Å². The molecule has 0 saturated heterocycles. The molecule has 1 aromatic rings. The van der Waals surface area contributed by atoms with Crippen molar-refractivity contribution in [3.8, 4) is 5.75 Å². The van der Waals surface area contributed by atoms with E-state index in [1.54, 1.807) is 0 Å². The van der Waals surface area contributed by atoms with Gasteiger partial charge in [-0.25, -0.2) is 0 Å². The van der Waals surface area contributed by atoms with Crippen molar-refractivity contribution in [2.45, 2.75) is 5.92 Å². The lowest BCUT2D eigenvalue weighted by Crippen LogP contribution is -2.18. The molecule has 72 valence electrons. The van der Waals surface area contributed by atoms with Crippen molar-refractivity contribution in [2.24, 2.45) is 0 Å². The number of benzene rings is 1. The molecule has 0 heterocycles. The van der Waals surface area contributed by atoms with Crippen LogP contribution in [0, 0.1) is 0 Å². The number of aromatic hydroxyl groups is 1. The fourth-order valence-electron chi connectivity index (χ4n) is 0.886. The summed E-state index contributed by atoms with van der Waals surface area (Å²) in [6, 6.07) is 3.27. The molecule has 0 bridgehead atoms. The van der Waals surface area contributed by atoms with Gasteiger partial charge in [-0.2, -0.15) is 8.78 Å². The molecule has 0 aliphatic carbocycles. The summed E-state index contributed by atoms with van der Waals surface area (Å²) in [6.07, 6.45) is 0. The fourth-order valence-corrected chi connectivity index (χ4v) is 1.06. The summed E-state index contributed by atoms with van der Waals surface area (Å²) in [5, 5.41) is 17.5. The lowest BCUT2D eigenvalue weighted by molar-refractivity contribution is -0.0571. The van der Waals surface area contributed by atoms with Gasteiger partial charge in [0.2, 0.25) is 0 Å². The maximum absolute atomic E-state index is 12.9. The second kappa shape index (κ2) is 3.47. The zero-order valence-corrected chi connectivity index (χ0v) is 7.22. The molecule has 13 heavy (non-hydrogen) atoms. The predicted molar refractivity (Wildman–Crippen MR) is 44.1 cm³/mol. The van der Waals surface area contributed by atoms with Crippen LogP contribution < -0.4 is 0 Å². The van der Waals surface area contributed by atoms with Gasteiger partial charge in [0.25, 0.3) is 5.92 Å².